The molecule has 84 valence electrons. The van der Waals surface area contributed by atoms with Crippen LogP contribution >= 0.6 is 0 Å². The van der Waals surface area contributed by atoms with E-state index in [4.69, 9.17) is 4.74 Å². The van der Waals surface area contributed by atoms with Gasteiger partial charge in [0.1, 0.15) is 0 Å². The molecular weight excluding hydrogens is 176 g/mol. The first-order chi connectivity index (χ1) is 6.77. The van der Waals surface area contributed by atoms with E-state index < -0.39 is 0 Å². The van der Waals surface area contributed by atoms with Gasteiger partial charge in [-0.3, -0.25) is 4.90 Å². The maximum absolute atomic E-state index is 5.26. The van der Waals surface area contributed by atoms with Gasteiger partial charge in [-0.2, -0.15) is 0 Å². The van der Waals surface area contributed by atoms with Crippen LogP contribution in [0.2, 0.25) is 0 Å². The van der Waals surface area contributed by atoms with Crippen LogP contribution in [0, 0.1) is 5.92 Å². The number of likely N-dealkylation sites (tertiary alicyclic amines) is 1. The Balaban J connectivity index is 2.39. The number of hydrogen-bond acceptors (Lipinski definition) is 3. The van der Waals surface area contributed by atoms with Crippen LogP contribution in [0.1, 0.15) is 19.8 Å². The van der Waals surface area contributed by atoms with Crippen LogP contribution in [0.25, 0.3) is 0 Å². The van der Waals surface area contributed by atoms with Crippen LogP contribution in [0.15, 0.2) is 0 Å². The zero-order valence-electron chi connectivity index (χ0n) is 9.75. The Labute approximate surface area is 87.8 Å². The second-order valence-electron chi connectivity index (χ2n) is 4.41. The Bertz CT molecular complexity index is 143. The number of likely N-dealkylation sites (N-methyl/N-ethyl adjacent to an activating group) is 1. The molecule has 1 fully saturated rings. The molecule has 0 amide bonds. The Morgan fingerprint density at radius 1 is 1.57 bits per heavy atom. The van der Waals surface area contributed by atoms with Crippen LogP contribution in [0.3, 0.4) is 0 Å². The van der Waals surface area contributed by atoms with Gasteiger partial charge in [0.25, 0.3) is 0 Å². The summed E-state index contributed by atoms with van der Waals surface area (Å²) in [5, 5.41) is 3.24. The molecule has 1 aliphatic heterocycles. The fourth-order valence-electron chi connectivity index (χ4n) is 2.28. The second-order valence-corrected chi connectivity index (χ2v) is 4.41. The van der Waals surface area contributed by atoms with Gasteiger partial charge < -0.3 is 10.1 Å². The summed E-state index contributed by atoms with van der Waals surface area (Å²) in [5.74, 6) is 0.847. The van der Waals surface area contributed by atoms with Crippen molar-refractivity contribution in [1.82, 2.24) is 10.2 Å². The third-order valence-electron chi connectivity index (χ3n) is 3.00. The predicted octanol–water partition coefficient (Wildman–Crippen LogP) is 0.953. The van der Waals surface area contributed by atoms with Crippen LogP contribution in [-0.4, -0.2) is 51.3 Å². The van der Waals surface area contributed by atoms with E-state index in [-0.39, 0.29) is 0 Å². The molecule has 0 spiro atoms. The Morgan fingerprint density at radius 2 is 2.36 bits per heavy atom. The van der Waals surface area contributed by atoms with Crippen molar-refractivity contribution in [2.45, 2.75) is 25.8 Å². The lowest BCUT2D eigenvalue weighted by Crippen LogP contribution is -2.48. The monoisotopic (exact) mass is 200 g/mol. The van der Waals surface area contributed by atoms with Crippen LogP contribution in [0.5, 0.6) is 0 Å². The van der Waals surface area contributed by atoms with E-state index in [2.05, 4.69) is 17.1 Å². The van der Waals surface area contributed by atoms with E-state index in [1.54, 1.807) is 7.11 Å². The summed E-state index contributed by atoms with van der Waals surface area (Å²) in [6, 6.07) is 0.549. The van der Waals surface area contributed by atoms with Crippen molar-refractivity contribution in [3.05, 3.63) is 0 Å². The van der Waals surface area contributed by atoms with Gasteiger partial charge in [0.05, 0.1) is 6.61 Å². The molecule has 14 heavy (non-hydrogen) atoms. The van der Waals surface area contributed by atoms with Gasteiger partial charge in [0.2, 0.25) is 0 Å². The van der Waals surface area contributed by atoms with Crippen molar-refractivity contribution in [1.29, 1.82) is 0 Å². The molecule has 0 saturated carbocycles. The Morgan fingerprint density at radius 3 is 2.93 bits per heavy atom. The minimum atomic E-state index is 0.549. The highest BCUT2D eigenvalue weighted by Gasteiger charge is 2.22. The largest absolute Gasteiger partial charge is 0.383 e. The molecule has 0 aliphatic carbocycles. The quantitative estimate of drug-likeness (QED) is 0.715. The van der Waals surface area contributed by atoms with Crippen LogP contribution in [0.4, 0.5) is 0 Å². The number of methoxy groups -OCH3 is 1. The molecule has 1 N–H and O–H groups in total. The van der Waals surface area contributed by atoms with E-state index >= 15 is 0 Å². The highest BCUT2D eigenvalue weighted by atomic mass is 16.5. The minimum Gasteiger partial charge on any atom is -0.383 e. The molecule has 1 heterocycles. The van der Waals surface area contributed by atoms with Gasteiger partial charge in [-0.15, -0.1) is 0 Å². The number of rotatable bonds is 5. The van der Waals surface area contributed by atoms with Gasteiger partial charge in [-0.1, -0.05) is 6.92 Å². The summed E-state index contributed by atoms with van der Waals surface area (Å²) < 4.78 is 5.26. The smallest absolute Gasteiger partial charge is 0.0630 e. The lowest BCUT2D eigenvalue weighted by Gasteiger charge is -2.36. The lowest BCUT2D eigenvalue weighted by molar-refractivity contribution is 0.0632. The van der Waals surface area contributed by atoms with E-state index in [9.17, 15) is 0 Å². The average Bonchev–Trinajstić information content (AvgIpc) is 2.17. The van der Waals surface area contributed by atoms with Crippen molar-refractivity contribution in [2.24, 2.45) is 5.92 Å². The Kier molecular flexibility index (Phi) is 5.45. The van der Waals surface area contributed by atoms with Crippen molar-refractivity contribution in [2.75, 3.05) is 40.4 Å². The van der Waals surface area contributed by atoms with E-state index in [1.165, 1.54) is 25.9 Å². The number of nitrogens with zero attached hydrogens (tertiary/aromatic N) is 1. The molecule has 1 aliphatic rings. The highest BCUT2D eigenvalue weighted by Crippen LogP contribution is 2.17. The topological polar surface area (TPSA) is 24.5 Å². The first-order valence-electron chi connectivity index (χ1n) is 5.65. The van der Waals surface area contributed by atoms with E-state index in [0.717, 1.165) is 19.1 Å². The third-order valence-corrected chi connectivity index (χ3v) is 3.00. The molecule has 3 nitrogen and oxygen atoms in total. The van der Waals surface area contributed by atoms with Gasteiger partial charge >= 0.3 is 0 Å². The molecule has 2 atom stereocenters. The maximum Gasteiger partial charge on any atom is 0.0630 e. The van der Waals surface area contributed by atoms with Crippen molar-refractivity contribution in [3.63, 3.8) is 0 Å². The first-order valence-corrected chi connectivity index (χ1v) is 5.65. The third kappa shape index (κ3) is 3.56. The van der Waals surface area contributed by atoms with Gasteiger partial charge in [-0.25, -0.2) is 0 Å². The second kappa shape index (κ2) is 6.38. The fourth-order valence-corrected chi connectivity index (χ4v) is 2.28. The maximum atomic E-state index is 5.26. The van der Waals surface area contributed by atoms with Crippen molar-refractivity contribution < 1.29 is 4.74 Å². The molecule has 1 saturated heterocycles. The average molecular weight is 200 g/mol. The highest BCUT2D eigenvalue weighted by molar-refractivity contribution is 4.78. The molecule has 2 unspecified atom stereocenters. The first kappa shape index (κ1) is 12.0. The zero-order chi connectivity index (χ0) is 10.4. The minimum absolute atomic E-state index is 0.549. The summed E-state index contributed by atoms with van der Waals surface area (Å²) in [6.07, 6.45) is 2.72. The fraction of sp³-hybridized carbons (Fsp3) is 1.00. The zero-order valence-corrected chi connectivity index (χ0v) is 9.75. The van der Waals surface area contributed by atoms with Crippen molar-refractivity contribution in [3.8, 4) is 0 Å². The summed E-state index contributed by atoms with van der Waals surface area (Å²) in [6.45, 7) is 6.68. The van der Waals surface area contributed by atoms with E-state index in [1.807, 2.05) is 7.05 Å². The summed E-state index contributed by atoms with van der Waals surface area (Å²) in [5.41, 5.74) is 0. The summed E-state index contributed by atoms with van der Waals surface area (Å²) in [4.78, 5) is 2.56. The molecule has 1 rings (SSSR count). The summed E-state index contributed by atoms with van der Waals surface area (Å²) >= 11 is 0. The molecule has 3 heteroatoms. The molecule has 0 aromatic carbocycles. The number of piperidine rings is 1. The number of ether oxygens (including phenoxy) is 1. The number of nitrogens with one attached hydrogen (secondary N) is 1. The number of hydrogen-bond donors (Lipinski definition) is 1. The Hall–Kier alpha value is -0.120. The van der Waals surface area contributed by atoms with Gasteiger partial charge in [0, 0.05) is 26.2 Å². The van der Waals surface area contributed by atoms with Gasteiger partial charge in [0.15, 0.2) is 0 Å². The molecule has 0 radical (unpaired) electrons. The predicted molar refractivity (Wildman–Crippen MR) is 59.6 cm³/mol. The molecule has 0 bridgehead atoms. The lowest BCUT2D eigenvalue weighted by atomic mass is 9.99. The molecule has 0 aromatic heterocycles. The SMILES string of the molecule is CNCC(COC)N1CCCC(C)C1. The normalized spacial score (nSPS) is 26.4. The summed E-state index contributed by atoms with van der Waals surface area (Å²) in [7, 11) is 3.80. The molecular formula is C11H24N2O. The van der Waals surface area contributed by atoms with Gasteiger partial charge in [-0.05, 0) is 32.4 Å². The van der Waals surface area contributed by atoms with Crippen LogP contribution in [-0.2, 0) is 4.74 Å². The standard InChI is InChI=1S/C11H24N2O/c1-10-5-4-6-13(8-10)11(7-12-2)9-14-3/h10-12H,4-9H2,1-3H3. The van der Waals surface area contributed by atoms with Crippen molar-refractivity contribution >= 4 is 0 Å². The molecule has 0 aromatic rings. The van der Waals surface area contributed by atoms with E-state index in [0.29, 0.717) is 6.04 Å². The van der Waals surface area contributed by atoms with Crippen LogP contribution < -0.4 is 5.32 Å².